The fourth-order valence-electron chi connectivity index (χ4n) is 2.56. The summed E-state index contributed by atoms with van der Waals surface area (Å²) < 4.78 is 16.8. The summed E-state index contributed by atoms with van der Waals surface area (Å²) in [4.78, 5) is 12.4. The average Bonchev–Trinajstić information content (AvgIpc) is 2.62. The van der Waals surface area contributed by atoms with Crippen LogP contribution in [-0.2, 0) is 0 Å². The summed E-state index contributed by atoms with van der Waals surface area (Å²) in [6, 6.07) is 11.1. The lowest BCUT2D eigenvalue weighted by Gasteiger charge is -2.19. The van der Waals surface area contributed by atoms with Gasteiger partial charge in [0.1, 0.15) is 25.6 Å². The van der Waals surface area contributed by atoms with E-state index in [2.05, 4.69) is 19.2 Å². The quantitative estimate of drug-likeness (QED) is 0.907. The topological polar surface area (TPSA) is 56.8 Å². The molecule has 1 aliphatic rings. The van der Waals surface area contributed by atoms with E-state index in [9.17, 15) is 4.79 Å². The van der Waals surface area contributed by atoms with Crippen molar-refractivity contribution in [2.45, 2.75) is 26.8 Å². The van der Waals surface area contributed by atoms with E-state index < -0.39 is 0 Å². The number of hydrogen-bond donors (Lipinski definition) is 1. The molecule has 5 heteroatoms. The number of hydrogen-bond acceptors (Lipinski definition) is 4. The van der Waals surface area contributed by atoms with Crippen LogP contribution >= 0.6 is 0 Å². The summed E-state index contributed by atoms with van der Waals surface area (Å²) in [7, 11) is 0. The van der Waals surface area contributed by atoms with E-state index in [4.69, 9.17) is 14.2 Å². The van der Waals surface area contributed by atoms with Crippen molar-refractivity contribution in [1.82, 2.24) is 5.32 Å². The van der Waals surface area contributed by atoms with E-state index in [0.717, 1.165) is 5.75 Å². The number of fused-ring (bicyclic) bond motifs is 1. The molecule has 0 aliphatic carbocycles. The van der Waals surface area contributed by atoms with Gasteiger partial charge in [0.15, 0.2) is 11.5 Å². The van der Waals surface area contributed by atoms with Crippen molar-refractivity contribution in [2.75, 3.05) is 19.8 Å². The number of carbonyl (C=O) groups excluding carboxylic acids is 1. The van der Waals surface area contributed by atoms with Gasteiger partial charge in [0.2, 0.25) is 0 Å². The van der Waals surface area contributed by atoms with Crippen molar-refractivity contribution in [2.24, 2.45) is 0 Å². The molecule has 0 fully saturated rings. The van der Waals surface area contributed by atoms with E-state index in [-0.39, 0.29) is 11.9 Å². The minimum atomic E-state index is -0.159. The van der Waals surface area contributed by atoms with E-state index in [1.54, 1.807) is 18.2 Å². The number of rotatable bonds is 5. The minimum absolute atomic E-state index is 0.123. The molecule has 1 N–H and O–H groups in total. The van der Waals surface area contributed by atoms with Gasteiger partial charge in [0, 0.05) is 5.56 Å². The molecule has 0 spiro atoms. The van der Waals surface area contributed by atoms with E-state index in [1.807, 2.05) is 25.1 Å². The van der Waals surface area contributed by atoms with Gasteiger partial charge < -0.3 is 19.5 Å². The number of carbonyl (C=O) groups is 1. The molecule has 132 valence electrons. The summed E-state index contributed by atoms with van der Waals surface area (Å²) >= 11 is 0. The minimum Gasteiger partial charge on any atom is -0.491 e. The SMILES string of the molecule is Cc1ccc(OC[C@H](C)NC(=O)c2ccc3c(c2)OCCO3)cc1C. The van der Waals surface area contributed by atoms with Crippen LogP contribution in [-0.4, -0.2) is 31.8 Å². The molecule has 0 saturated carbocycles. The molecule has 0 bridgehead atoms. The van der Waals surface area contributed by atoms with Crippen molar-refractivity contribution >= 4 is 5.91 Å². The summed E-state index contributed by atoms with van der Waals surface area (Å²) in [5.74, 6) is 1.93. The Morgan fingerprint density at radius 2 is 1.84 bits per heavy atom. The fourth-order valence-corrected chi connectivity index (χ4v) is 2.56. The van der Waals surface area contributed by atoms with E-state index in [0.29, 0.717) is 36.9 Å². The molecule has 0 unspecified atom stereocenters. The first-order valence-electron chi connectivity index (χ1n) is 8.43. The van der Waals surface area contributed by atoms with Crippen molar-refractivity contribution in [1.29, 1.82) is 0 Å². The van der Waals surface area contributed by atoms with Gasteiger partial charge >= 0.3 is 0 Å². The van der Waals surface area contributed by atoms with Crippen LogP contribution in [0.1, 0.15) is 28.4 Å². The van der Waals surface area contributed by atoms with E-state index >= 15 is 0 Å². The first-order chi connectivity index (χ1) is 12.0. The Balaban J connectivity index is 1.56. The maximum Gasteiger partial charge on any atom is 0.251 e. The largest absolute Gasteiger partial charge is 0.491 e. The third-order valence-corrected chi connectivity index (χ3v) is 4.16. The van der Waals surface area contributed by atoms with Gasteiger partial charge in [-0.05, 0) is 62.2 Å². The molecule has 3 rings (SSSR count). The van der Waals surface area contributed by atoms with Crippen molar-refractivity contribution in [3.05, 3.63) is 53.1 Å². The molecule has 1 amide bonds. The summed E-state index contributed by atoms with van der Waals surface area (Å²) in [5, 5.41) is 2.94. The normalized spacial score (nSPS) is 13.9. The molecule has 25 heavy (non-hydrogen) atoms. The van der Waals surface area contributed by atoms with Gasteiger partial charge in [0.25, 0.3) is 5.91 Å². The first kappa shape index (κ1) is 17.1. The zero-order valence-corrected chi connectivity index (χ0v) is 14.8. The van der Waals surface area contributed by atoms with Crippen LogP contribution in [0.15, 0.2) is 36.4 Å². The molecule has 1 atom stereocenters. The smallest absolute Gasteiger partial charge is 0.251 e. The average molecular weight is 341 g/mol. The zero-order chi connectivity index (χ0) is 17.8. The molecule has 1 aliphatic heterocycles. The summed E-state index contributed by atoms with van der Waals surface area (Å²) in [5.41, 5.74) is 2.96. The highest BCUT2D eigenvalue weighted by molar-refractivity contribution is 5.95. The second-order valence-corrected chi connectivity index (χ2v) is 6.29. The highest BCUT2D eigenvalue weighted by Crippen LogP contribution is 2.30. The van der Waals surface area contributed by atoms with Crippen LogP contribution in [0.3, 0.4) is 0 Å². The van der Waals surface area contributed by atoms with Crippen molar-refractivity contribution in [3.63, 3.8) is 0 Å². The highest BCUT2D eigenvalue weighted by atomic mass is 16.6. The Morgan fingerprint density at radius 3 is 2.60 bits per heavy atom. The molecule has 0 saturated heterocycles. The number of ether oxygens (including phenoxy) is 3. The number of amides is 1. The Bertz CT molecular complexity index is 772. The van der Waals surface area contributed by atoms with Crippen LogP contribution in [0.5, 0.6) is 17.2 Å². The van der Waals surface area contributed by atoms with Crippen molar-refractivity contribution < 1.29 is 19.0 Å². The summed E-state index contributed by atoms with van der Waals surface area (Å²) in [6.07, 6.45) is 0. The monoisotopic (exact) mass is 341 g/mol. The molecule has 0 aromatic heterocycles. The van der Waals surface area contributed by atoms with Crippen LogP contribution in [0.2, 0.25) is 0 Å². The van der Waals surface area contributed by atoms with Gasteiger partial charge in [-0.15, -0.1) is 0 Å². The third kappa shape index (κ3) is 4.24. The zero-order valence-electron chi connectivity index (χ0n) is 14.8. The maximum atomic E-state index is 12.4. The molecule has 0 radical (unpaired) electrons. The standard InChI is InChI=1S/C20H23NO4/c1-13-4-6-17(10-14(13)2)25-12-15(3)21-20(22)16-5-7-18-19(11-16)24-9-8-23-18/h4-7,10-11,15H,8-9,12H2,1-3H3,(H,21,22)/t15-/m0/s1. The molecule has 1 heterocycles. The van der Waals surface area contributed by atoms with Gasteiger partial charge in [-0.25, -0.2) is 0 Å². The molecule has 2 aromatic carbocycles. The number of nitrogens with one attached hydrogen (secondary N) is 1. The Morgan fingerprint density at radius 1 is 1.08 bits per heavy atom. The third-order valence-electron chi connectivity index (χ3n) is 4.16. The second-order valence-electron chi connectivity index (χ2n) is 6.29. The van der Waals surface area contributed by atoms with Gasteiger partial charge in [0.05, 0.1) is 6.04 Å². The Labute approximate surface area is 147 Å². The second kappa shape index (κ2) is 7.47. The lowest BCUT2D eigenvalue weighted by atomic mass is 10.1. The number of aryl methyl sites for hydroxylation is 2. The van der Waals surface area contributed by atoms with Crippen LogP contribution in [0.25, 0.3) is 0 Å². The molecule has 5 nitrogen and oxygen atoms in total. The fraction of sp³-hybridized carbons (Fsp3) is 0.350. The number of benzene rings is 2. The first-order valence-corrected chi connectivity index (χ1v) is 8.43. The van der Waals surface area contributed by atoms with Crippen molar-refractivity contribution in [3.8, 4) is 17.2 Å². The van der Waals surface area contributed by atoms with Crippen LogP contribution in [0, 0.1) is 13.8 Å². The Kier molecular flexibility index (Phi) is 5.12. The highest BCUT2D eigenvalue weighted by Gasteiger charge is 2.16. The predicted molar refractivity (Wildman–Crippen MR) is 95.8 cm³/mol. The van der Waals surface area contributed by atoms with Gasteiger partial charge in [-0.3, -0.25) is 4.79 Å². The summed E-state index contributed by atoms with van der Waals surface area (Å²) in [6.45, 7) is 7.46. The molecular weight excluding hydrogens is 318 g/mol. The molecular formula is C20H23NO4. The maximum absolute atomic E-state index is 12.4. The Hall–Kier alpha value is -2.69. The predicted octanol–water partition coefficient (Wildman–Crippen LogP) is 3.27. The van der Waals surface area contributed by atoms with Crippen LogP contribution in [0.4, 0.5) is 0 Å². The van der Waals surface area contributed by atoms with Gasteiger partial charge in [-0.1, -0.05) is 6.07 Å². The van der Waals surface area contributed by atoms with Crippen LogP contribution < -0.4 is 19.5 Å². The lowest BCUT2D eigenvalue weighted by Crippen LogP contribution is -2.36. The lowest BCUT2D eigenvalue weighted by molar-refractivity contribution is 0.0925. The van der Waals surface area contributed by atoms with Gasteiger partial charge in [-0.2, -0.15) is 0 Å². The molecule has 2 aromatic rings. The van der Waals surface area contributed by atoms with E-state index in [1.165, 1.54) is 11.1 Å².